The molecule has 0 aliphatic carbocycles. The van der Waals surface area contributed by atoms with Gasteiger partial charge in [0.15, 0.2) is 0 Å². The quantitative estimate of drug-likeness (QED) is 0.832. The highest BCUT2D eigenvalue weighted by molar-refractivity contribution is 5.99. The molecule has 18 heavy (non-hydrogen) atoms. The molecule has 0 radical (unpaired) electrons. The molecule has 1 N–H and O–H groups in total. The molecule has 1 heterocycles. The second-order valence-electron chi connectivity index (χ2n) is 4.34. The molecule has 4 nitrogen and oxygen atoms in total. The Balaban J connectivity index is 2.39. The van der Waals surface area contributed by atoms with Crippen molar-refractivity contribution in [3.05, 3.63) is 34.9 Å². The fourth-order valence-corrected chi connectivity index (χ4v) is 2.23. The van der Waals surface area contributed by atoms with Crippen molar-refractivity contribution in [1.29, 1.82) is 0 Å². The summed E-state index contributed by atoms with van der Waals surface area (Å²) >= 11 is 0. The molecule has 0 bridgehead atoms. The highest BCUT2D eigenvalue weighted by Gasteiger charge is 2.25. The Bertz CT molecular complexity index is 482. The van der Waals surface area contributed by atoms with Gasteiger partial charge in [-0.05, 0) is 37.1 Å². The Hall–Kier alpha value is -1.84. The fraction of sp³-hybridized carbons (Fsp3) is 0.429. The lowest BCUT2D eigenvalue weighted by Gasteiger charge is -2.25. The summed E-state index contributed by atoms with van der Waals surface area (Å²) in [5.41, 5.74) is 2.14. The Morgan fingerprint density at radius 3 is 2.89 bits per heavy atom. The number of rotatable bonds is 3. The van der Waals surface area contributed by atoms with Crippen molar-refractivity contribution in [1.82, 2.24) is 5.32 Å². The third-order valence-electron chi connectivity index (χ3n) is 3.25. The maximum atomic E-state index is 11.7. The molecular weight excluding hydrogens is 230 g/mol. The first-order valence-corrected chi connectivity index (χ1v) is 6.26. The second-order valence-corrected chi connectivity index (χ2v) is 4.34. The number of fused-ring (bicyclic) bond motifs is 1. The van der Waals surface area contributed by atoms with Crippen LogP contribution in [0.3, 0.4) is 0 Å². The van der Waals surface area contributed by atoms with Crippen molar-refractivity contribution >= 4 is 11.9 Å². The van der Waals surface area contributed by atoms with Crippen LogP contribution in [0.15, 0.2) is 18.2 Å². The van der Waals surface area contributed by atoms with E-state index < -0.39 is 0 Å². The predicted octanol–water partition coefficient (Wildman–Crippen LogP) is 2.10. The van der Waals surface area contributed by atoms with Gasteiger partial charge in [-0.3, -0.25) is 4.79 Å². The number of carbonyl (C=O) groups is 2. The van der Waals surface area contributed by atoms with Crippen LogP contribution in [0.1, 0.15) is 52.5 Å². The maximum absolute atomic E-state index is 11.7. The minimum absolute atomic E-state index is 0.0647. The zero-order valence-corrected chi connectivity index (χ0v) is 10.7. The summed E-state index contributed by atoms with van der Waals surface area (Å²) in [6.45, 7) is 4.84. The molecule has 0 saturated heterocycles. The normalized spacial score (nSPS) is 17.9. The van der Waals surface area contributed by atoms with E-state index in [0.717, 1.165) is 12.0 Å². The van der Waals surface area contributed by atoms with Crippen molar-refractivity contribution < 1.29 is 14.3 Å². The first kappa shape index (κ1) is 12.6. The van der Waals surface area contributed by atoms with Crippen LogP contribution < -0.4 is 5.32 Å². The third kappa shape index (κ3) is 2.23. The number of nitrogens with one attached hydrogen (secondary N) is 1. The fourth-order valence-electron chi connectivity index (χ4n) is 2.23. The van der Waals surface area contributed by atoms with E-state index in [4.69, 9.17) is 4.74 Å². The van der Waals surface area contributed by atoms with Crippen LogP contribution in [0, 0.1) is 0 Å². The summed E-state index contributed by atoms with van der Waals surface area (Å²) in [6, 6.07) is 5.15. The Labute approximate surface area is 106 Å². The summed E-state index contributed by atoms with van der Waals surface area (Å²) in [5.74, 6) is -0.127. The summed E-state index contributed by atoms with van der Waals surface area (Å²) in [6.07, 6.45) is 0.930. The summed E-state index contributed by atoms with van der Waals surface area (Å²) in [4.78, 5) is 23.4. The van der Waals surface area contributed by atoms with Gasteiger partial charge < -0.3 is 10.1 Å². The number of ether oxygens (including phenoxy) is 1. The predicted molar refractivity (Wildman–Crippen MR) is 67.8 cm³/mol. The van der Waals surface area contributed by atoms with Gasteiger partial charge >= 0.3 is 5.97 Å². The first-order chi connectivity index (χ1) is 8.67. The minimum atomic E-state index is -0.332. The number of hydrogen-bond donors (Lipinski definition) is 1. The molecule has 1 aliphatic rings. The average Bonchev–Trinajstić information content (AvgIpc) is 2.39. The van der Waals surface area contributed by atoms with Crippen molar-refractivity contribution in [2.75, 3.05) is 13.2 Å². The maximum Gasteiger partial charge on any atom is 0.338 e. The Kier molecular flexibility index (Phi) is 3.65. The van der Waals surface area contributed by atoms with Crippen LogP contribution in [0.4, 0.5) is 0 Å². The molecule has 0 fully saturated rings. The Morgan fingerprint density at radius 2 is 2.22 bits per heavy atom. The highest BCUT2D eigenvalue weighted by Crippen LogP contribution is 2.27. The molecule has 1 amide bonds. The number of hydrogen-bond acceptors (Lipinski definition) is 3. The van der Waals surface area contributed by atoms with Crippen LogP contribution >= 0.6 is 0 Å². The lowest BCUT2D eigenvalue weighted by atomic mass is 9.87. The van der Waals surface area contributed by atoms with E-state index in [1.807, 2.05) is 0 Å². The smallest absolute Gasteiger partial charge is 0.338 e. The van der Waals surface area contributed by atoms with E-state index in [-0.39, 0.29) is 17.8 Å². The van der Waals surface area contributed by atoms with Gasteiger partial charge in [0.25, 0.3) is 5.91 Å². The van der Waals surface area contributed by atoms with Crippen molar-refractivity contribution in [2.45, 2.75) is 26.2 Å². The molecule has 1 aromatic rings. The van der Waals surface area contributed by atoms with E-state index in [0.29, 0.717) is 24.3 Å². The summed E-state index contributed by atoms with van der Waals surface area (Å²) in [7, 11) is 0. The molecule has 0 aromatic heterocycles. The van der Waals surface area contributed by atoms with Gasteiger partial charge in [0, 0.05) is 18.0 Å². The topological polar surface area (TPSA) is 55.4 Å². The van der Waals surface area contributed by atoms with E-state index in [1.54, 1.807) is 25.1 Å². The summed E-state index contributed by atoms with van der Waals surface area (Å²) < 4.78 is 4.98. The van der Waals surface area contributed by atoms with E-state index in [1.165, 1.54) is 0 Å². The third-order valence-corrected chi connectivity index (χ3v) is 3.25. The van der Waals surface area contributed by atoms with Gasteiger partial charge in [0.05, 0.1) is 12.2 Å². The van der Waals surface area contributed by atoms with Crippen molar-refractivity contribution in [3.8, 4) is 0 Å². The van der Waals surface area contributed by atoms with Crippen molar-refractivity contribution in [2.24, 2.45) is 0 Å². The zero-order chi connectivity index (χ0) is 13.1. The van der Waals surface area contributed by atoms with Gasteiger partial charge in [0.2, 0.25) is 0 Å². The molecule has 1 aliphatic heterocycles. The van der Waals surface area contributed by atoms with E-state index in [2.05, 4.69) is 12.2 Å². The number of esters is 1. The SMILES string of the molecule is CCOC(=O)c1ccc2c(c1)C(CC)CNC2=O. The first-order valence-electron chi connectivity index (χ1n) is 6.26. The van der Waals surface area contributed by atoms with Crippen molar-refractivity contribution in [3.63, 3.8) is 0 Å². The molecule has 1 unspecified atom stereocenters. The van der Waals surface area contributed by atoms with Crippen LogP contribution in [0.25, 0.3) is 0 Å². The lowest BCUT2D eigenvalue weighted by Crippen LogP contribution is -2.35. The number of amides is 1. The van der Waals surface area contributed by atoms with E-state index >= 15 is 0 Å². The molecule has 0 saturated carbocycles. The summed E-state index contributed by atoms with van der Waals surface area (Å²) in [5, 5.41) is 2.86. The number of benzene rings is 1. The minimum Gasteiger partial charge on any atom is -0.462 e. The average molecular weight is 247 g/mol. The van der Waals surface area contributed by atoms with Crippen LogP contribution in [0.2, 0.25) is 0 Å². The van der Waals surface area contributed by atoms with Gasteiger partial charge in [-0.15, -0.1) is 0 Å². The molecular formula is C14H17NO3. The second kappa shape index (κ2) is 5.21. The van der Waals surface area contributed by atoms with E-state index in [9.17, 15) is 9.59 Å². The standard InChI is InChI=1S/C14H17NO3/c1-3-9-8-15-13(16)11-6-5-10(7-12(9)11)14(17)18-4-2/h5-7,9H,3-4,8H2,1-2H3,(H,15,16). The number of carbonyl (C=O) groups excluding carboxylic acids is 2. The molecule has 1 atom stereocenters. The highest BCUT2D eigenvalue weighted by atomic mass is 16.5. The van der Waals surface area contributed by atoms with Crippen LogP contribution in [-0.4, -0.2) is 25.0 Å². The largest absolute Gasteiger partial charge is 0.462 e. The van der Waals surface area contributed by atoms with Gasteiger partial charge in [-0.1, -0.05) is 6.92 Å². The molecule has 0 spiro atoms. The van der Waals surface area contributed by atoms with Crippen LogP contribution in [0.5, 0.6) is 0 Å². The van der Waals surface area contributed by atoms with Gasteiger partial charge in [-0.2, -0.15) is 0 Å². The molecule has 1 aromatic carbocycles. The van der Waals surface area contributed by atoms with Crippen LogP contribution in [-0.2, 0) is 4.74 Å². The monoisotopic (exact) mass is 247 g/mol. The molecule has 2 rings (SSSR count). The van der Waals surface area contributed by atoms with Gasteiger partial charge in [0.1, 0.15) is 0 Å². The van der Waals surface area contributed by atoms with Gasteiger partial charge in [-0.25, -0.2) is 4.79 Å². The molecule has 4 heteroatoms. The zero-order valence-electron chi connectivity index (χ0n) is 10.7. The lowest BCUT2D eigenvalue weighted by molar-refractivity contribution is 0.0525. The Morgan fingerprint density at radius 1 is 1.44 bits per heavy atom. The molecule has 96 valence electrons.